The van der Waals surface area contributed by atoms with E-state index in [2.05, 4.69) is 28.3 Å². The number of para-hydroxylation sites is 1. The summed E-state index contributed by atoms with van der Waals surface area (Å²) in [5.41, 5.74) is 8.19. The van der Waals surface area contributed by atoms with Gasteiger partial charge < -0.3 is 15.0 Å². The molecule has 1 aromatic heterocycles. The molecule has 0 amide bonds. The number of ether oxygens (including phenoxy) is 1. The van der Waals surface area contributed by atoms with Gasteiger partial charge in [0.1, 0.15) is 5.75 Å². The maximum Gasteiger partial charge on any atom is 0.264 e. The van der Waals surface area contributed by atoms with Gasteiger partial charge in [-0.25, -0.2) is 0 Å². The van der Waals surface area contributed by atoms with Crippen LogP contribution in [0.5, 0.6) is 5.75 Å². The van der Waals surface area contributed by atoms with Gasteiger partial charge in [0.05, 0.1) is 5.54 Å². The fourth-order valence-electron chi connectivity index (χ4n) is 3.04. The van der Waals surface area contributed by atoms with Crippen molar-refractivity contribution in [1.82, 2.24) is 10.1 Å². The minimum Gasteiger partial charge on any atom is -0.483 e. The van der Waals surface area contributed by atoms with Crippen molar-refractivity contribution < 1.29 is 9.26 Å². The molecule has 0 saturated heterocycles. The van der Waals surface area contributed by atoms with Crippen LogP contribution in [0.2, 0.25) is 0 Å². The zero-order chi connectivity index (χ0) is 17.1. The molecule has 26 heavy (non-hydrogen) atoms. The first-order chi connectivity index (χ1) is 12.2. The zero-order valence-corrected chi connectivity index (χ0v) is 15.2. The number of benzene rings is 2. The Kier molecular flexibility index (Phi) is 5.59. The Hall–Kier alpha value is -2.37. The summed E-state index contributed by atoms with van der Waals surface area (Å²) in [7, 11) is 0. The number of nitrogens with two attached hydrogens (primary N) is 1. The van der Waals surface area contributed by atoms with Crippen LogP contribution < -0.4 is 10.5 Å². The maximum absolute atomic E-state index is 6.23. The van der Waals surface area contributed by atoms with Crippen molar-refractivity contribution in [3.63, 3.8) is 0 Å². The first kappa shape index (κ1) is 18.4. The van der Waals surface area contributed by atoms with Crippen molar-refractivity contribution in [3.05, 3.63) is 77.4 Å². The highest BCUT2D eigenvalue weighted by molar-refractivity contribution is 5.85. The van der Waals surface area contributed by atoms with Crippen molar-refractivity contribution in [2.24, 2.45) is 5.73 Å². The molecule has 1 aliphatic carbocycles. The summed E-state index contributed by atoms with van der Waals surface area (Å²) in [6.45, 7) is 0.245. The van der Waals surface area contributed by atoms with Gasteiger partial charge in [-0.2, -0.15) is 4.98 Å². The number of aromatic nitrogens is 2. The van der Waals surface area contributed by atoms with Crippen LogP contribution in [-0.4, -0.2) is 10.1 Å². The molecule has 4 rings (SSSR count). The highest BCUT2D eigenvalue weighted by Crippen LogP contribution is 2.36. The van der Waals surface area contributed by atoms with E-state index in [0.717, 1.165) is 37.0 Å². The van der Waals surface area contributed by atoms with Gasteiger partial charge in [0.2, 0.25) is 0 Å². The van der Waals surface area contributed by atoms with Crippen molar-refractivity contribution in [3.8, 4) is 5.75 Å². The quantitative estimate of drug-likeness (QED) is 0.708. The molecule has 0 unspecified atom stereocenters. The van der Waals surface area contributed by atoms with Gasteiger partial charge in [0.25, 0.3) is 5.89 Å². The molecule has 136 valence electrons. The van der Waals surface area contributed by atoms with Crippen molar-refractivity contribution in [1.29, 1.82) is 0 Å². The smallest absolute Gasteiger partial charge is 0.264 e. The van der Waals surface area contributed by atoms with Gasteiger partial charge >= 0.3 is 0 Å². The highest BCUT2D eigenvalue weighted by Gasteiger charge is 2.39. The Morgan fingerprint density at radius 3 is 2.50 bits per heavy atom. The van der Waals surface area contributed by atoms with Crippen LogP contribution in [0.15, 0.2) is 59.1 Å². The van der Waals surface area contributed by atoms with E-state index in [4.69, 9.17) is 15.0 Å². The van der Waals surface area contributed by atoms with Crippen molar-refractivity contribution in [2.75, 3.05) is 0 Å². The summed E-state index contributed by atoms with van der Waals surface area (Å²) >= 11 is 0. The normalized spacial score (nSPS) is 15.0. The van der Waals surface area contributed by atoms with Crippen molar-refractivity contribution in [2.45, 2.75) is 37.8 Å². The first-order valence-electron chi connectivity index (χ1n) is 8.59. The summed E-state index contributed by atoms with van der Waals surface area (Å²) in [6, 6.07) is 18.4. The second kappa shape index (κ2) is 7.89. The highest BCUT2D eigenvalue weighted by atomic mass is 35.5. The fraction of sp³-hybridized carbons (Fsp3) is 0.300. The van der Waals surface area contributed by atoms with E-state index in [0.29, 0.717) is 11.7 Å². The van der Waals surface area contributed by atoms with E-state index in [9.17, 15) is 0 Å². The molecule has 0 aliphatic heterocycles. The maximum atomic E-state index is 6.23. The summed E-state index contributed by atoms with van der Waals surface area (Å²) < 4.78 is 11.2. The lowest BCUT2D eigenvalue weighted by Gasteiger charge is -2.34. The van der Waals surface area contributed by atoms with Gasteiger partial charge in [0, 0.05) is 6.42 Å². The predicted octanol–water partition coefficient (Wildman–Crippen LogP) is 4.00. The van der Waals surface area contributed by atoms with Gasteiger partial charge in [0.15, 0.2) is 12.4 Å². The predicted molar refractivity (Wildman–Crippen MR) is 101 cm³/mol. The topological polar surface area (TPSA) is 74.2 Å². The number of halogens is 1. The molecular formula is C20H22ClN3O2. The summed E-state index contributed by atoms with van der Waals surface area (Å²) in [6.07, 6.45) is 3.75. The van der Waals surface area contributed by atoms with E-state index >= 15 is 0 Å². The van der Waals surface area contributed by atoms with E-state index in [1.807, 2.05) is 36.4 Å². The van der Waals surface area contributed by atoms with Crippen molar-refractivity contribution >= 4 is 12.4 Å². The Morgan fingerprint density at radius 1 is 1.04 bits per heavy atom. The molecule has 1 heterocycles. The third-order valence-electron chi connectivity index (χ3n) is 4.72. The molecule has 2 N–H and O–H groups in total. The van der Waals surface area contributed by atoms with E-state index in [-0.39, 0.29) is 19.0 Å². The second-order valence-electron chi connectivity index (χ2n) is 6.58. The molecule has 0 bridgehead atoms. The van der Waals surface area contributed by atoms with Crippen LogP contribution in [0.4, 0.5) is 0 Å². The molecule has 0 radical (unpaired) electrons. The standard InChI is InChI=1S/C20H21N3O2.ClH/c21-20(11-6-12-20)19-22-18(25-23-19)14-24-17-10-5-4-9-16(17)13-15-7-2-1-3-8-15;/h1-5,7-10H,6,11-14,21H2;1H. The van der Waals surface area contributed by atoms with Gasteiger partial charge in [-0.1, -0.05) is 53.7 Å². The van der Waals surface area contributed by atoms with E-state index in [1.165, 1.54) is 5.56 Å². The molecule has 1 saturated carbocycles. The summed E-state index contributed by atoms with van der Waals surface area (Å²) in [5.74, 6) is 1.88. The lowest BCUT2D eigenvalue weighted by atomic mass is 9.77. The number of hydrogen-bond donors (Lipinski definition) is 1. The Labute approximate surface area is 159 Å². The third-order valence-corrected chi connectivity index (χ3v) is 4.72. The summed E-state index contributed by atoms with van der Waals surface area (Å²) in [4.78, 5) is 4.40. The van der Waals surface area contributed by atoms with Crippen LogP contribution in [0.3, 0.4) is 0 Å². The average molecular weight is 372 g/mol. The Bertz CT molecular complexity index is 847. The lowest BCUT2D eigenvalue weighted by Crippen LogP contribution is -2.44. The largest absolute Gasteiger partial charge is 0.483 e. The molecule has 1 fully saturated rings. The van der Waals surface area contributed by atoms with Crippen LogP contribution in [0, 0.1) is 0 Å². The van der Waals surface area contributed by atoms with Crippen LogP contribution in [0.25, 0.3) is 0 Å². The molecular weight excluding hydrogens is 350 g/mol. The monoisotopic (exact) mass is 371 g/mol. The molecule has 2 aromatic carbocycles. The average Bonchev–Trinajstić information content (AvgIpc) is 3.09. The molecule has 6 heteroatoms. The van der Waals surface area contributed by atoms with Crippen LogP contribution >= 0.6 is 12.4 Å². The van der Waals surface area contributed by atoms with E-state index < -0.39 is 5.54 Å². The zero-order valence-electron chi connectivity index (χ0n) is 14.4. The third kappa shape index (κ3) is 3.89. The fourth-order valence-corrected chi connectivity index (χ4v) is 3.04. The van der Waals surface area contributed by atoms with Gasteiger partial charge in [-0.05, 0) is 36.5 Å². The van der Waals surface area contributed by atoms with E-state index in [1.54, 1.807) is 0 Å². The first-order valence-corrected chi connectivity index (χ1v) is 8.59. The van der Waals surface area contributed by atoms with Gasteiger partial charge in [-0.15, -0.1) is 12.4 Å². The molecule has 5 nitrogen and oxygen atoms in total. The molecule has 0 atom stereocenters. The lowest BCUT2D eigenvalue weighted by molar-refractivity contribution is 0.222. The number of rotatable bonds is 6. The molecule has 3 aromatic rings. The van der Waals surface area contributed by atoms with Crippen LogP contribution in [-0.2, 0) is 18.6 Å². The van der Waals surface area contributed by atoms with Gasteiger partial charge in [-0.3, -0.25) is 0 Å². The number of hydrogen-bond acceptors (Lipinski definition) is 5. The van der Waals surface area contributed by atoms with Crippen LogP contribution in [0.1, 0.15) is 42.1 Å². The molecule has 1 aliphatic rings. The summed E-state index contributed by atoms with van der Waals surface area (Å²) in [5, 5.41) is 4.02. The minimum atomic E-state index is -0.410. The Morgan fingerprint density at radius 2 is 1.77 bits per heavy atom. The minimum absolute atomic E-state index is 0. The number of nitrogens with zero attached hydrogens (tertiary/aromatic N) is 2. The second-order valence-corrected chi connectivity index (χ2v) is 6.58. The SMILES string of the molecule is Cl.NC1(c2noc(COc3ccccc3Cc3ccccc3)n2)CCC1. The Balaban J connectivity index is 0.00000196. The molecule has 0 spiro atoms.